The fourth-order valence-corrected chi connectivity index (χ4v) is 3.06. The predicted octanol–water partition coefficient (Wildman–Crippen LogP) is 5.95. The standard InChI is InChI=1S/C25H26O3/c1-24(2,3)27-28-25(21-15-9-5-10-16-21,22-17-11-6-12-18-22)19-23(26)20-13-7-4-8-14-20/h4-18H,19H2,1-3H3. The smallest absolute Gasteiger partial charge is 0.166 e. The Morgan fingerprint density at radius 2 is 1.11 bits per heavy atom. The molecule has 0 spiro atoms. The van der Waals surface area contributed by atoms with E-state index in [1.807, 2.05) is 112 Å². The topological polar surface area (TPSA) is 35.5 Å². The van der Waals surface area contributed by atoms with Crippen LogP contribution in [-0.2, 0) is 15.4 Å². The molecule has 3 rings (SSSR count). The lowest BCUT2D eigenvalue weighted by Crippen LogP contribution is -2.37. The van der Waals surface area contributed by atoms with Gasteiger partial charge in [0.25, 0.3) is 0 Å². The van der Waals surface area contributed by atoms with Crippen LogP contribution in [0, 0.1) is 0 Å². The Kier molecular flexibility index (Phi) is 6.08. The van der Waals surface area contributed by atoms with Crippen LogP contribution in [0.2, 0.25) is 0 Å². The first-order valence-electron chi connectivity index (χ1n) is 9.47. The van der Waals surface area contributed by atoms with E-state index < -0.39 is 11.2 Å². The Labute approximate surface area is 166 Å². The summed E-state index contributed by atoms with van der Waals surface area (Å²) >= 11 is 0. The van der Waals surface area contributed by atoms with Gasteiger partial charge in [0.2, 0.25) is 0 Å². The molecule has 28 heavy (non-hydrogen) atoms. The van der Waals surface area contributed by atoms with Crippen molar-refractivity contribution in [2.75, 3.05) is 0 Å². The van der Waals surface area contributed by atoms with Gasteiger partial charge in [-0.1, -0.05) is 91.0 Å². The van der Waals surface area contributed by atoms with Gasteiger partial charge in [0.1, 0.15) is 0 Å². The van der Waals surface area contributed by atoms with Gasteiger partial charge in [-0.2, -0.15) is 0 Å². The number of rotatable bonds is 7. The van der Waals surface area contributed by atoms with Gasteiger partial charge in [0, 0.05) is 5.56 Å². The van der Waals surface area contributed by atoms with Crippen molar-refractivity contribution < 1.29 is 14.6 Å². The number of benzene rings is 3. The molecule has 0 fully saturated rings. The molecule has 0 saturated carbocycles. The molecule has 0 radical (unpaired) electrons. The van der Waals surface area contributed by atoms with Crippen molar-refractivity contribution in [1.29, 1.82) is 0 Å². The van der Waals surface area contributed by atoms with E-state index in [2.05, 4.69) is 0 Å². The fourth-order valence-electron chi connectivity index (χ4n) is 3.06. The zero-order valence-corrected chi connectivity index (χ0v) is 16.6. The van der Waals surface area contributed by atoms with Crippen molar-refractivity contribution in [2.45, 2.75) is 38.4 Å². The average Bonchev–Trinajstić information content (AvgIpc) is 2.72. The molecule has 0 aliphatic rings. The number of carbonyl (C=O) groups is 1. The largest absolute Gasteiger partial charge is 0.294 e. The normalized spacial score (nSPS) is 12.0. The average molecular weight is 374 g/mol. The molecule has 0 aromatic heterocycles. The van der Waals surface area contributed by atoms with Crippen LogP contribution in [-0.4, -0.2) is 11.4 Å². The second kappa shape index (κ2) is 8.51. The van der Waals surface area contributed by atoms with Gasteiger partial charge in [-0.05, 0) is 31.9 Å². The lowest BCUT2D eigenvalue weighted by atomic mass is 9.81. The Morgan fingerprint density at radius 1 is 0.679 bits per heavy atom. The third-order valence-corrected chi connectivity index (χ3v) is 4.42. The summed E-state index contributed by atoms with van der Waals surface area (Å²) < 4.78 is 0. The molecule has 0 bridgehead atoms. The van der Waals surface area contributed by atoms with E-state index in [-0.39, 0.29) is 12.2 Å². The minimum absolute atomic E-state index is 0.00850. The van der Waals surface area contributed by atoms with Crippen LogP contribution in [0.1, 0.15) is 48.7 Å². The summed E-state index contributed by atoms with van der Waals surface area (Å²) in [5, 5.41) is 0. The second-order valence-corrected chi connectivity index (χ2v) is 7.80. The van der Waals surface area contributed by atoms with Crippen LogP contribution in [0.25, 0.3) is 0 Å². The van der Waals surface area contributed by atoms with Crippen molar-refractivity contribution in [2.24, 2.45) is 0 Å². The number of hydrogen-bond acceptors (Lipinski definition) is 3. The molecule has 0 saturated heterocycles. The molecular weight excluding hydrogens is 348 g/mol. The highest BCUT2D eigenvalue weighted by Gasteiger charge is 2.40. The van der Waals surface area contributed by atoms with E-state index >= 15 is 0 Å². The highest BCUT2D eigenvalue weighted by Crippen LogP contribution is 2.39. The minimum atomic E-state index is -1.05. The zero-order chi connectivity index (χ0) is 20.0. The number of hydrogen-bond donors (Lipinski definition) is 0. The van der Waals surface area contributed by atoms with Crippen LogP contribution in [0.15, 0.2) is 91.0 Å². The number of carbonyl (C=O) groups excluding carboxylic acids is 1. The minimum Gasteiger partial charge on any atom is -0.294 e. The summed E-state index contributed by atoms with van der Waals surface area (Å²) in [4.78, 5) is 25.1. The maximum atomic E-state index is 13.2. The molecule has 0 atom stereocenters. The Hall–Kier alpha value is -2.75. The number of ketones is 1. The monoisotopic (exact) mass is 374 g/mol. The van der Waals surface area contributed by atoms with Crippen molar-refractivity contribution in [3.05, 3.63) is 108 Å². The number of Topliss-reactive ketones (excluding diaryl/α,β-unsaturated/α-hetero) is 1. The van der Waals surface area contributed by atoms with Gasteiger partial charge in [0.15, 0.2) is 11.4 Å². The molecule has 0 aliphatic heterocycles. The lowest BCUT2D eigenvalue weighted by Gasteiger charge is -2.35. The molecule has 0 N–H and O–H groups in total. The summed E-state index contributed by atoms with van der Waals surface area (Å²) in [6.07, 6.45) is 0.126. The summed E-state index contributed by atoms with van der Waals surface area (Å²) in [6, 6.07) is 28.8. The Morgan fingerprint density at radius 3 is 1.54 bits per heavy atom. The van der Waals surface area contributed by atoms with Gasteiger partial charge in [-0.25, -0.2) is 9.78 Å². The second-order valence-electron chi connectivity index (χ2n) is 7.80. The molecule has 3 aromatic rings. The van der Waals surface area contributed by atoms with E-state index in [1.54, 1.807) is 0 Å². The van der Waals surface area contributed by atoms with Gasteiger partial charge in [-0.3, -0.25) is 4.79 Å². The molecule has 0 aliphatic carbocycles. The van der Waals surface area contributed by atoms with Crippen LogP contribution in [0.5, 0.6) is 0 Å². The molecular formula is C25H26O3. The van der Waals surface area contributed by atoms with Gasteiger partial charge >= 0.3 is 0 Å². The summed E-state index contributed by atoms with van der Waals surface area (Å²) in [6.45, 7) is 5.77. The highest BCUT2D eigenvalue weighted by atomic mass is 17.2. The zero-order valence-electron chi connectivity index (χ0n) is 16.6. The quantitative estimate of drug-likeness (QED) is 0.291. The SMILES string of the molecule is CC(C)(C)OOC(CC(=O)c1ccccc1)(c1ccccc1)c1ccccc1. The maximum absolute atomic E-state index is 13.2. The van der Waals surface area contributed by atoms with E-state index in [0.29, 0.717) is 5.56 Å². The van der Waals surface area contributed by atoms with Gasteiger partial charge < -0.3 is 0 Å². The van der Waals surface area contributed by atoms with E-state index in [0.717, 1.165) is 11.1 Å². The Balaban J connectivity index is 2.10. The van der Waals surface area contributed by atoms with Crippen molar-refractivity contribution >= 4 is 5.78 Å². The fraction of sp³-hybridized carbons (Fsp3) is 0.240. The van der Waals surface area contributed by atoms with Gasteiger partial charge in [-0.15, -0.1) is 0 Å². The molecule has 3 aromatic carbocycles. The van der Waals surface area contributed by atoms with Crippen LogP contribution in [0.3, 0.4) is 0 Å². The first-order chi connectivity index (χ1) is 13.4. The third kappa shape index (κ3) is 4.75. The summed E-state index contributed by atoms with van der Waals surface area (Å²) in [5.41, 5.74) is 0.815. The molecule has 0 unspecified atom stereocenters. The molecule has 0 amide bonds. The van der Waals surface area contributed by atoms with Crippen molar-refractivity contribution in [1.82, 2.24) is 0 Å². The predicted molar refractivity (Wildman–Crippen MR) is 111 cm³/mol. The van der Waals surface area contributed by atoms with E-state index in [9.17, 15) is 4.79 Å². The third-order valence-electron chi connectivity index (χ3n) is 4.42. The van der Waals surface area contributed by atoms with Gasteiger partial charge in [0.05, 0.1) is 12.0 Å². The van der Waals surface area contributed by atoms with Crippen LogP contribution < -0.4 is 0 Å². The molecule has 3 nitrogen and oxygen atoms in total. The van der Waals surface area contributed by atoms with E-state index in [1.165, 1.54) is 0 Å². The van der Waals surface area contributed by atoms with Crippen LogP contribution >= 0.6 is 0 Å². The first-order valence-corrected chi connectivity index (χ1v) is 9.47. The Bertz CT molecular complexity index is 842. The molecule has 3 heteroatoms. The maximum Gasteiger partial charge on any atom is 0.166 e. The van der Waals surface area contributed by atoms with E-state index in [4.69, 9.17) is 9.78 Å². The first kappa shape index (κ1) is 20.0. The molecule has 0 heterocycles. The van der Waals surface area contributed by atoms with Crippen molar-refractivity contribution in [3.63, 3.8) is 0 Å². The lowest BCUT2D eigenvalue weighted by molar-refractivity contribution is -0.398. The highest BCUT2D eigenvalue weighted by molar-refractivity contribution is 5.97. The summed E-state index contributed by atoms with van der Waals surface area (Å²) in [7, 11) is 0. The summed E-state index contributed by atoms with van der Waals surface area (Å²) in [5.74, 6) is -0.00850. The molecule has 144 valence electrons. The van der Waals surface area contributed by atoms with Crippen LogP contribution in [0.4, 0.5) is 0 Å². The van der Waals surface area contributed by atoms with Crippen molar-refractivity contribution in [3.8, 4) is 0 Å².